The number of ether oxygens (including phenoxy) is 1. The van der Waals surface area contributed by atoms with Crippen molar-refractivity contribution in [2.45, 2.75) is 38.6 Å². The molecule has 6 heteroatoms. The Kier molecular flexibility index (Phi) is 6.53. The third kappa shape index (κ3) is 4.70. The molecule has 0 amide bonds. The molecule has 27 heavy (non-hydrogen) atoms. The second-order valence-corrected chi connectivity index (χ2v) is 7.40. The van der Waals surface area contributed by atoms with Gasteiger partial charge in [-0.25, -0.2) is 0 Å². The minimum Gasteiger partial charge on any atom is -0.490 e. The third-order valence-electron chi connectivity index (χ3n) is 4.30. The fourth-order valence-corrected chi connectivity index (χ4v) is 3.81. The van der Waals surface area contributed by atoms with Crippen LogP contribution in [0.25, 0.3) is 11.4 Å². The van der Waals surface area contributed by atoms with Crippen LogP contribution >= 0.6 is 11.8 Å². The molecular weight excluding hydrogens is 358 g/mol. The maximum Gasteiger partial charge on any atom is 0.191 e. The van der Waals surface area contributed by atoms with Gasteiger partial charge in [-0.3, -0.25) is 0 Å². The van der Waals surface area contributed by atoms with Gasteiger partial charge < -0.3 is 14.4 Å². The lowest BCUT2D eigenvalue weighted by atomic mass is 10.1. The summed E-state index contributed by atoms with van der Waals surface area (Å²) < 4.78 is 7.91. The van der Waals surface area contributed by atoms with Gasteiger partial charge in [-0.15, -0.1) is 10.2 Å². The van der Waals surface area contributed by atoms with Crippen LogP contribution in [0.15, 0.2) is 53.7 Å². The van der Waals surface area contributed by atoms with Crippen molar-refractivity contribution in [2.24, 2.45) is 0 Å². The molecule has 1 N–H and O–H groups in total. The zero-order valence-electron chi connectivity index (χ0n) is 15.9. The lowest BCUT2D eigenvalue weighted by molar-refractivity contribution is 0.125. The number of hydrogen-bond acceptors (Lipinski definition) is 5. The van der Waals surface area contributed by atoms with Crippen molar-refractivity contribution < 1.29 is 9.84 Å². The minimum absolute atomic E-state index is 0.254. The summed E-state index contributed by atoms with van der Waals surface area (Å²) in [5, 5.41) is 19.8. The first-order chi connectivity index (χ1) is 13.1. The van der Waals surface area contributed by atoms with Crippen LogP contribution in [0.5, 0.6) is 5.75 Å². The molecule has 0 unspecified atom stereocenters. The Hall–Kier alpha value is -2.31. The van der Waals surface area contributed by atoms with Gasteiger partial charge in [-0.2, -0.15) is 0 Å². The first kappa shape index (κ1) is 19.5. The molecule has 0 radical (unpaired) electrons. The van der Waals surface area contributed by atoms with Crippen molar-refractivity contribution in [3.63, 3.8) is 0 Å². The quantitative estimate of drug-likeness (QED) is 0.593. The lowest BCUT2D eigenvalue weighted by Crippen LogP contribution is -2.21. The van der Waals surface area contributed by atoms with Crippen LogP contribution in [0, 0.1) is 13.8 Å². The molecule has 0 spiro atoms. The molecule has 0 aliphatic rings. The SMILES string of the molecule is CCn1c(SC[C@@H](O)COc2c(C)cccc2C)nnc1-c1ccccc1. The predicted molar refractivity (Wildman–Crippen MR) is 109 cm³/mol. The fraction of sp³-hybridized carbons (Fsp3) is 0.333. The molecule has 0 saturated heterocycles. The van der Waals surface area contributed by atoms with E-state index >= 15 is 0 Å². The number of aromatic nitrogens is 3. The van der Waals surface area contributed by atoms with Gasteiger partial charge in [-0.05, 0) is 31.9 Å². The summed E-state index contributed by atoms with van der Waals surface area (Å²) in [6, 6.07) is 16.0. The molecule has 5 nitrogen and oxygen atoms in total. The molecule has 142 valence electrons. The number of para-hydroxylation sites is 1. The maximum atomic E-state index is 10.3. The Balaban J connectivity index is 1.61. The highest BCUT2D eigenvalue weighted by Crippen LogP contribution is 2.25. The number of rotatable bonds is 8. The van der Waals surface area contributed by atoms with Crippen LogP contribution in [0.2, 0.25) is 0 Å². The average molecular weight is 384 g/mol. The number of nitrogens with zero attached hydrogens (tertiary/aromatic N) is 3. The van der Waals surface area contributed by atoms with E-state index in [9.17, 15) is 5.11 Å². The van der Waals surface area contributed by atoms with E-state index in [0.717, 1.165) is 40.0 Å². The van der Waals surface area contributed by atoms with Crippen molar-refractivity contribution in [1.82, 2.24) is 14.8 Å². The van der Waals surface area contributed by atoms with Gasteiger partial charge in [-0.1, -0.05) is 60.3 Å². The van der Waals surface area contributed by atoms with Crippen molar-refractivity contribution >= 4 is 11.8 Å². The standard InChI is InChI=1S/C21H25N3O2S/c1-4-24-20(17-11-6-5-7-12-17)22-23-21(24)27-14-18(25)13-26-19-15(2)9-8-10-16(19)3/h5-12,18,25H,4,13-14H2,1-3H3/t18-/m0/s1. The number of aryl methyl sites for hydroxylation is 2. The summed E-state index contributed by atoms with van der Waals surface area (Å²) in [7, 11) is 0. The molecule has 0 aliphatic carbocycles. The molecular formula is C21H25N3O2S. The normalized spacial score (nSPS) is 12.1. The van der Waals surface area contributed by atoms with E-state index in [2.05, 4.69) is 21.7 Å². The van der Waals surface area contributed by atoms with Gasteiger partial charge in [0.05, 0.1) is 6.10 Å². The van der Waals surface area contributed by atoms with E-state index in [1.807, 2.05) is 62.4 Å². The van der Waals surface area contributed by atoms with Crippen LogP contribution in [-0.2, 0) is 6.54 Å². The Labute approximate surface area is 164 Å². The minimum atomic E-state index is -0.587. The molecule has 0 aliphatic heterocycles. The molecule has 1 aromatic heterocycles. The van der Waals surface area contributed by atoms with E-state index in [0.29, 0.717) is 5.75 Å². The summed E-state index contributed by atoms with van der Waals surface area (Å²) in [5.41, 5.74) is 3.19. The summed E-state index contributed by atoms with van der Waals surface area (Å²) in [6.45, 7) is 7.12. The van der Waals surface area contributed by atoms with Crippen LogP contribution in [0.4, 0.5) is 0 Å². The van der Waals surface area contributed by atoms with E-state index in [1.165, 1.54) is 11.8 Å². The number of aliphatic hydroxyl groups excluding tert-OH is 1. The first-order valence-electron chi connectivity index (χ1n) is 9.08. The van der Waals surface area contributed by atoms with Crippen LogP contribution in [0.1, 0.15) is 18.1 Å². The molecule has 3 rings (SSSR count). The van der Waals surface area contributed by atoms with Gasteiger partial charge in [0.25, 0.3) is 0 Å². The van der Waals surface area contributed by atoms with Crippen molar-refractivity contribution in [1.29, 1.82) is 0 Å². The van der Waals surface area contributed by atoms with Crippen LogP contribution in [0.3, 0.4) is 0 Å². The zero-order chi connectivity index (χ0) is 19.2. The van der Waals surface area contributed by atoms with Crippen LogP contribution < -0.4 is 4.74 Å². The maximum absolute atomic E-state index is 10.3. The monoisotopic (exact) mass is 383 g/mol. The smallest absolute Gasteiger partial charge is 0.191 e. The van der Waals surface area contributed by atoms with Gasteiger partial charge in [0.2, 0.25) is 0 Å². The predicted octanol–water partition coefficient (Wildman–Crippen LogP) is 4.11. The number of hydrogen-bond donors (Lipinski definition) is 1. The largest absolute Gasteiger partial charge is 0.490 e. The summed E-state index contributed by atoms with van der Waals surface area (Å²) in [5.74, 6) is 2.20. The molecule has 0 saturated carbocycles. The Morgan fingerprint density at radius 2 is 1.74 bits per heavy atom. The van der Waals surface area contributed by atoms with E-state index in [-0.39, 0.29) is 6.61 Å². The molecule has 2 aromatic carbocycles. The second kappa shape index (κ2) is 9.06. The highest BCUT2D eigenvalue weighted by molar-refractivity contribution is 7.99. The van der Waals surface area contributed by atoms with Gasteiger partial charge in [0.15, 0.2) is 11.0 Å². The third-order valence-corrected chi connectivity index (χ3v) is 5.41. The van der Waals surface area contributed by atoms with Crippen molar-refractivity contribution in [2.75, 3.05) is 12.4 Å². The Bertz CT molecular complexity index is 860. The number of aliphatic hydroxyl groups is 1. The van der Waals surface area contributed by atoms with Gasteiger partial charge in [0.1, 0.15) is 12.4 Å². The first-order valence-corrected chi connectivity index (χ1v) is 10.1. The van der Waals surface area contributed by atoms with Crippen LogP contribution in [-0.4, -0.2) is 38.3 Å². The average Bonchev–Trinajstić information content (AvgIpc) is 3.09. The Morgan fingerprint density at radius 1 is 1.04 bits per heavy atom. The number of benzene rings is 2. The highest BCUT2D eigenvalue weighted by atomic mass is 32.2. The van der Waals surface area contributed by atoms with E-state index in [4.69, 9.17) is 4.74 Å². The molecule has 0 fully saturated rings. The van der Waals surface area contributed by atoms with Gasteiger partial charge in [0, 0.05) is 17.9 Å². The van der Waals surface area contributed by atoms with Crippen molar-refractivity contribution in [3.8, 4) is 17.1 Å². The van der Waals surface area contributed by atoms with Gasteiger partial charge >= 0.3 is 0 Å². The fourth-order valence-electron chi connectivity index (χ4n) is 2.91. The van der Waals surface area contributed by atoms with E-state index in [1.54, 1.807) is 0 Å². The molecule has 1 atom stereocenters. The topological polar surface area (TPSA) is 60.2 Å². The Morgan fingerprint density at radius 3 is 2.41 bits per heavy atom. The lowest BCUT2D eigenvalue weighted by Gasteiger charge is -2.15. The second-order valence-electron chi connectivity index (χ2n) is 6.41. The molecule has 3 aromatic rings. The highest BCUT2D eigenvalue weighted by Gasteiger charge is 2.15. The number of thioether (sulfide) groups is 1. The summed E-state index contributed by atoms with van der Waals surface area (Å²) >= 11 is 1.50. The zero-order valence-corrected chi connectivity index (χ0v) is 16.7. The molecule has 1 heterocycles. The summed E-state index contributed by atoms with van der Waals surface area (Å²) in [4.78, 5) is 0. The molecule has 0 bridgehead atoms. The van der Waals surface area contributed by atoms with E-state index < -0.39 is 6.10 Å². The summed E-state index contributed by atoms with van der Waals surface area (Å²) in [6.07, 6.45) is -0.587. The van der Waals surface area contributed by atoms with Crippen molar-refractivity contribution in [3.05, 3.63) is 59.7 Å².